The zero-order chi connectivity index (χ0) is 41.5. The van der Waals surface area contributed by atoms with Gasteiger partial charge in [0.15, 0.2) is 23.0 Å². The Hall–Kier alpha value is -7.82. The molecular formula is C58H42N2O2. The second-order valence-corrected chi connectivity index (χ2v) is 17.3. The second-order valence-electron chi connectivity index (χ2n) is 17.3. The van der Waals surface area contributed by atoms with Crippen LogP contribution in [0.2, 0.25) is 0 Å². The molecule has 10 aromatic carbocycles. The lowest BCUT2D eigenvalue weighted by molar-refractivity contribution is 0.477. The fourth-order valence-corrected chi connectivity index (χ4v) is 9.55. The van der Waals surface area contributed by atoms with Crippen LogP contribution in [0.25, 0.3) is 54.6 Å². The van der Waals surface area contributed by atoms with Gasteiger partial charge in [-0.25, -0.2) is 0 Å². The van der Waals surface area contributed by atoms with Gasteiger partial charge in [-0.1, -0.05) is 142 Å². The van der Waals surface area contributed by atoms with E-state index in [0.29, 0.717) is 0 Å². The van der Waals surface area contributed by atoms with Crippen molar-refractivity contribution in [2.75, 3.05) is 9.80 Å². The Labute approximate surface area is 361 Å². The smallest absolute Gasteiger partial charge is 0.151 e. The third-order valence-electron chi connectivity index (χ3n) is 12.5. The van der Waals surface area contributed by atoms with Gasteiger partial charge in [0.05, 0.1) is 22.7 Å². The Balaban J connectivity index is 1.19. The summed E-state index contributed by atoms with van der Waals surface area (Å²) in [5, 5.41) is 7.14. The van der Waals surface area contributed by atoms with Crippen molar-refractivity contribution in [3.63, 3.8) is 0 Å². The van der Waals surface area contributed by atoms with Crippen molar-refractivity contribution < 1.29 is 9.47 Å². The number of hydrogen-bond donors (Lipinski definition) is 0. The first kappa shape index (κ1) is 36.1. The van der Waals surface area contributed by atoms with Crippen molar-refractivity contribution in [1.82, 2.24) is 0 Å². The van der Waals surface area contributed by atoms with Crippen molar-refractivity contribution in [2.24, 2.45) is 0 Å². The van der Waals surface area contributed by atoms with Crippen LogP contribution < -0.4 is 19.3 Å². The predicted molar refractivity (Wildman–Crippen MR) is 258 cm³/mol. The maximum Gasteiger partial charge on any atom is 0.151 e. The number of fused-ring (bicyclic) bond motifs is 7. The highest BCUT2D eigenvalue weighted by Gasteiger charge is 2.29. The highest BCUT2D eigenvalue weighted by atomic mass is 16.5. The topological polar surface area (TPSA) is 24.9 Å². The molecule has 2 aliphatic heterocycles. The van der Waals surface area contributed by atoms with Gasteiger partial charge in [-0.05, 0) is 144 Å². The average Bonchev–Trinajstić information content (AvgIpc) is 3.31. The first-order valence-corrected chi connectivity index (χ1v) is 21.3. The van der Waals surface area contributed by atoms with Gasteiger partial charge in [0.25, 0.3) is 0 Å². The number of nitrogens with zero attached hydrogens (tertiary/aromatic N) is 2. The molecule has 296 valence electrons. The Morgan fingerprint density at radius 2 is 0.742 bits per heavy atom. The molecule has 0 unspecified atom stereocenters. The summed E-state index contributed by atoms with van der Waals surface area (Å²) in [5.41, 5.74) is 12.2. The van der Waals surface area contributed by atoms with Gasteiger partial charge in [-0.2, -0.15) is 0 Å². The number of hydrogen-bond acceptors (Lipinski definition) is 4. The minimum absolute atomic E-state index is 0.0204. The van der Waals surface area contributed by atoms with E-state index < -0.39 is 0 Å². The molecule has 0 bridgehead atoms. The lowest BCUT2D eigenvalue weighted by Crippen LogP contribution is -2.16. The van der Waals surface area contributed by atoms with Crippen LogP contribution in [-0.2, 0) is 5.41 Å². The number of rotatable bonds is 4. The van der Waals surface area contributed by atoms with Crippen molar-refractivity contribution in [3.05, 3.63) is 206 Å². The standard InChI is InChI=1S/C58H42N2O2/c1-58(2,3)41-28-26-38(27-29-41)56-44-32-30-43(60-50-18-8-12-22-54(50)62-55-23-13-9-19-51(55)60)36-47(44)57(40-25-24-37-14-4-5-15-39(37)34-40)45-33-31-42(35-46(45)56)59-48-16-6-10-20-52(48)61-53-21-11-7-17-49(53)59/h4-36H,1-3H3. The van der Waals surface area contributed by atoms with Crippen LogP contribution in [0.4, 0.5) is 34.1 Å². The van der Waals surface area contributed by atoms with E-state index in [1.807, 2.05) is 24.3 Å². The van der Waals surface area contributed by atoms with E-state index in [2.05, 4.69) is 206 Å². The fraction of sp³-hybridized carbons (Fsp3) is 0.0690. The Bertz CT molecular complexity index is 3330. The number of benzene rings is 10. The van der Waals surface area contributed by atoms with Crippen LogP contribution >= 0.6 is 0 Å². The lowest BCUT2D eigenvalue weighted by Gasteiger charge is -2.33. The molecule has 0 amide bonds. The fourth-order valence-electron chi connectivity index (χ4n) is 9.55. The molecule has 0 fully saturated rings. The molecule has 2 heterocycles. The van der Waals surface area contributed by atoms with Crippen LogP contribution in [0.1, 0.15) is 26.3 Å². The molecule has 0 saturated heterocycles. The van der Waals surface area contributed by atoms with Gasteiger partial charge in [0, 0.05) is 11.4 Å². The van der Waals surface area contributed by atoms with Crippen LogP contribution in [0.5, 0.6) is 23.0 Å². The molecule has 0 N–H and O–H groups in total. The van der Waals surface area contributed by atoms with Gasteiger partial charge in [-0.3, -0.25) is 0 Å². The third kappa shape index (κ3) is 5.75. The van der Waals surface area contributed by atoms with Crippen LogP contribution in [0.3, 0.4) is 0 Å². The molecule has 10 aromatic rings. The zero-order valence-corrected chi connectivity index (χ0v) is 34.8. The number of ether oxygens (including phenoxy) is 2. The van der Waals surface area contributed by atoms with Crippen LogP contribution in [-0.4, -0.2) is 0 Å². The summed E-state index contributed by atoms with van der Waals surface area (Å²) in [4.78, 5) is 4.69. The first-order valence-electron chi connectivity index (χ1n) is 21.3. The minimum Gasteiger partial charge on any atom is -0.453 e. The molecule has 0 aromatic heterocycles. The Kier molecular flexibility index (Phi) is 8.07. The van der Waals surface area contributed by atoms with Crippen molar-refractivity contribution in [3.8, 4) is 45.3 Å². The largest absolute Gasteiger partial charge is 0.453 e. The highest BCUT2D eigenvalue weighted by molar-refractivity contribution is 6.23. The summed E-state index contributed by atoms with van der Waals surface area (Å²) in [6, 6.07) is 72.1. The molecule has 4 heteroatoms. The van der Waals surface area contributed by atoms with Crippen molar-refractivity contribution >= 4 is 66.4 Å². The summed E-state index contributed by atoms with van der Waals surface area (Å²) in [7, 11) is 0. The summed E-state index contributed by atoms with van der Waals surface area (Å²) in [5.74, 6) is 3.33. The van der Waals surface area contributed by atoms with E-state index in [1.54, 1.807) is 0 Å². The van der Waals surface area contributed by atoms with Crippen molar-refractivity contribution in [1.29, 1.82) is 0 Å². The number of anilines is 6. The molecular weight excluding hydrogens is 757 g/mol. The Morgan fingerprint density at radius 3 is 1.21 bits per heavy atom. The summed E-state index contributed by atoms with van der Waals surface area (Å²) in [6.45, 7) is 6.83. The molecule has 12 rings (SSSR count). The lowest BCUT2D eigenvalue weighted by atomic mass is 9.83. The van der Waals surface area contributed by atoms with Gasteiger partial charge >= 0.3 is 0 Å². The zero-order valence-electron chi connectivity index (χ0n) is 34.8. The second kappa shape index (κ2) is 13.9. The average molecular weight is 799 g/mol. The SMILES string of the molecule is CC(C)(C)c1ccc(-c2c3ccc(N4c5ccccc5Oc5ccccc54)cc3c(-c3ccc4ccccc4c3)c3ccc(N4c5ccccc5Oc5ccccc54)cc23)cc1. The van der Waals surface area contributed by atoms with Crippen LogP contribution in [0, 0.1) is 0 Å². The molecule has 4 nitrogen and oxygen atoms in total. The van der Waals surface area contributed by atoms with Gasteiger partial charge in [0.1, 0.15) is 0 Å². The predicted octanol–water partition coefficient (Wildman–Crippen LogP) is 16.9. The third-order valence-corrected chi connectivity index (χ3v) is 12.5. The first-order chi connectivity index (χ1) is 30.4. The van der Waals surface area contributed by atoms with E-state index in [0.717, 1.165) is 57.1 Å². The quantitative estimate of drug-likeness (QED) is 0.166. The van der Waals surface area contributed by atoms with E-state index in [1.165, 1.54) is 60.1 Å². The van der Waals surface area contributed by atoms with E-state index in [4.69, 9.17) is 9.47 Å². The maximum absolute atomic E-state index is 6.47. The Morgan fingerprint density at radius 1 is 0.339 bits per heavy atom. The molecule has 0 atom stereocenters. The van der Waals surface area contributed by atoms with Gasteiger partial charge in [-0.15, -0.1) is 0 Å². The maximum atomic E-state index is 6.47. The van der Waals surface area contributed by atoms with E-state index in [-0.39, 0.29) is 5.41 Å². The van der Waals surface area contributed by atoms with E-state index >= 15 is 0 Å². The summed E-state index contributed by atoms with van der Waals surface area (Å²) >= 11 is 0. The molecule has 62 heavy (non-hydrogen) atoms. The molecule has 2 aliphatic rings. The normalized spacial score (nSPS) is 13.0. The molecule has 0 aliphatic carbocycles. The van der Waals surface area contributed by atoms with Crippen molar-refractivity contribution in [2.45, 2.75) is 26.2 Å². The number of para-hydroxylation sites is 8. The highest BCUT2D eigenvalue weighted by Crippen LogP contribution is 2.54. The molecule has 0 spiro atoms. The van der Waals surface area contributed by atoms with Gasteiger partial charge < -0.3 is 19.3 Å². The monoisotopic (exact) mass is 798 g/mol. The minimum atomic E-state index is 0.0204. The molecule has 0 saturated carbocycles. The van der Waals surface area contributed by atoms with Crippen LogP contribution in [0.15, 0.2) is 200 Å². The molecule has 0 radical (unpaired) electrons. The van der Waals surface area contributed by atoms with Gasteiger partial charge in [0.2, 0.25) is 0 Å². The summed E-state index contributed by atoms with van der Waals surface area (Å²) in [6.07, 6.45) is 0. The summed E-state index contributed by atoms with van der Waals surface area (Å²) < 4.78 is 12.9. The van der Waals surface area contributed by atoms with E-state index in [9.17, 15) is 0 Å².